The highest BCUT2D eigenvalue weighted by molar-refractivity contribution is 4.76. The van der Waals surface area contributed by atoms with Gasteiger partial charge in [0.25, 0.3) is 0 Å². The zero-order chi connectivity index (χ0) is 14.5. The fraction of sp³-hybridized carbons (Fsp3) is 1.00. The second kappa shape index (κ2) is 12.6. The quantitative estimate of drug-likeness (QED) is 0.516. The number of unbranched alkanes of at least 4 members (excludes halogenated alkanes) is 7. The van der Waals surface area contributed by atoms with Crippen molar-refractivity contribution in [3.63, 3.8) is 0 Å². The van der Waals surface area contributed by atoms with Crippen molar-refractivity contribution in [1.82, 2.24) is 5.32 Å². The summed E-state index contributed by atoms with van der Waals surface area (Å²) in [4.78, 5) is 0. The number of aliphatic hydroxyl groups is 1. The van der Waals surface area contributed by atoms with Crippen LogP contribution in [0, 0.1) is 11.8 Å². The number of hydrogen-bond acceptors (Lipinski definition) is 2. The molecule has 0 aromatic rings. The first-order valence-corrected chi connectivity index (χ1v) is 9.20. The highest BCUT2D eigenvalue weighted by atomic mass is 16.3. The SMILES string of the molecule is CCCCCCCCCCNCC1CCCCC1CO. The minimum Gasteiger partial charge on any atom is -0.396 e. The molecule has 2 unspecified atom stereocenters. The summed E-state index contributed by atoms with van der Waals surface area (Å²) in [7, 11) is 0. The second-order valence-corrected chi connectivity index (χ2v) is 6.67. The third-order valence-corrected chi connectivity index (χ3v) is 4.91. The van der Waals surface area contributed by atoms with Crippen molar-refractivity contribution in [2.45, 2.75) is 84.0 Å². The Morgan fingerprint density at radius 2 is 1.45 bits per heavy atom. The molecule has 2 heteroatoms. The summed E-state index contributed by atoms with van der Waals surface area (Å²) in [5.74, 6) is 1.29. The van der Waals surface area contributed by atoms with Gasteiger partial charge in [-0.1, -0.05) is 64.7 Å². The Balaban J connectivity index is 1.86. The average molecular weight is 284 g/mol. The average Bonchev–Trinajstić information content (AvgIpc) is 2.49. The first kappa shape index (κ1) is 18.0. The molecule has 20 heavy (non-hydrogen) atoms. The van der Waals surface area contributed by atoms with Crippen LogP contribution in [0.25, 0.3) is 0 Å². The smallest absolute Gasteiger partial charge is 0.0462 e. The second-order valence-electron chi connectivity index (χ2n) is 6.67. The van der Waals surface area contributed by atoms with Gasteiger partial charge >= 0.3 is 0 Å². The summed E-state index contributed by atoms with van der Waals surface area (Å²) >= 11 is 0. The molecule has 0 spiro atoms. The molecule has 0 heterocycles. The zero-order valence-electron chi connectivity index (χ0n) is 13.7. The van der Waals surface area contributed by atoms with E-state index in [-0.39, 0.29) is 0 Å². The Labute approximate surface area is 126 Å². The number of hydrogen-bond donors (Lipinski definition) is 2. The molecule has 1 fully saturated rings. The van der Waals surface area contributed by atoms with E-state index in [1.54, 1.807) is 0 Å². The van der Waals surface area contributed by atoms with Gasteiger partial charge in [0.2, 0.25) is 0 Å². The fourth-order valence-electron chi connectivity index (χ4n) is 3.46. The Morgan fingerprint density at radius 3 is 2.10 bits per heavy atom. The zero-order valence-corrected chi connectivity index (χ0v) is 13.7. The van der Waals surface area contributed by atoms with Gasteiger partial charge in [0.1, 0.15) is 0 Å². The standard InChI is InChI=1S/C18H37NO/c1-2-3-4-5-6-7-8-11-14-19-15-17-12-9-10-13-18(17)16-20/h17-20H,2-16H2,1H3. The van der Waals surface area contributed by atoms with Crippen LogP contribution in [0.5, 0.6) is 0 Å². The first-order chi connectivity index (χ1) is 9.88. The Kier molecular flexibility index (Phi) is 11.4. The van der Waals surface area contributed by atoms with Gasteiger partial charge in [-0.2, -0.15) is 0 Å². The van der Waals surface area contributed by atoms with Crippen LogP contribution >= 0.6 is 0 Å². The van der Waals surface area contributed by atoms with Crippen molar-refractivity contribution >= 4 is 0 Å². The van der Waals surface area contributed by atoms with E-state index in [0.717, 1.165) is 12.5 Å². The predicted molar refractivity (Wildman–Crippen MR) is 88.0 cm³/mol. The van der Waals surface area contributed by atoms with E-state index >= 15 is 0 Å². The van der Waals surface area contributed by atoms with Crippen molar-refractivity contribution in [1.29, 1.82) is 0 Å². The van der Waals surface area contributed by atoms with E-state index in [9.17, 15) is 5.11 Å². The van der Waals surface area contributed by atoms with Crippen LogP contribution in [0.15, 0.2) is 0 Å². The molecule has 2 atom stereocenters. The lowest BCUT2D eigenvalue weighted by Gasteiger charge is -2.30. The van der Waals surface area contributed by atoms with Crippen LogP contribution in [-0.4, -0.2) is 24.8 Å². The maximum absolute atomic E-state index is 9.40. The molecule has 0 amide bonds. The van der Waals surface area contributed by atoms with Gasteiger partial charge in [-0.25, -0.2) is 0 Å². The lowest BCUT2D eigenvalue weighted by atomic mass is 9.79. The Bertz CT molecular complexity index is 208. The van der Waals surface area contributed by atoms with Crippen LogP contribution in [0.3, 0.4) is 0 Å². The number of nitrogens with one attached hydrogen (secondary N) is 1. The van der Waals surface area contributed by atoms with Crippen LogP contribution in [0.4, 0.5) is 0 Å². The third kappa shape index (κ3) is 8.26. The lowest BCUT2D eigenvalue weighted by Crippen LogP contribution is -2.32. The van der Waals surface area contributed by atoms with Gasteiger partial charge in [0, 0.05) is 6.61 Å². The molecule has 1 rings (SSSR count). The molecular formula is C18H37NO. The van der Waals surface area contributed by atoms with Crippen LogP contribution in [0.1, 0.15) is 84.0 Å². The van der Waals surface area contributed by atoms with Crippen molar-refractivity contribution in [2.24, 2.45) is 11.8 Å². The normalized spacial score (nSPS) is 23.1. The van der Waals surface area contributed by atoms with E-state index in [1.807, 2.05) is 0 Å². The van der Waals surface area contributed by atoms with Gasteiger partial charge in [-0.05, 0) is 44.2 Å². The van der Waals surface area contributed by atoms with E-state index in [2.05, 4.69) is 12.2 Å². The minimum atomic E-state index is 0.393. The van der Waals surface area contributed by atoms with Gasteiger partial charge in [0.15, 0.2) is 0 Å². The summed E-state index contributed by atoms with van der Waals surface area (Å²) in [5.41, 5.74) is 0. The highest BCUT2D eigenvalue weighted by Crippen LogP contribution is 2.28. The molecule has 0 aromatic carbocycles. The van der Waals surface area contributed by atoms with Crippen molar-refractivity contribution in [3.8, 4) is 0 Å². The summed E-state index contributed by atoms with van der Waals surface area (Å²) < 4.78 is 0. The van der Waals surface area contributed by atoms with Gasteiger partial charge in [-0.3, -0.25) is 0 Å². The van der Waals surface area contributed by atoms with Crippen LogP contribution < -0.4 is 5.32 Å². The molecule has 2 nitrogen and oxygen atoms in total. The summed E-state index contributed by atoms with van der Waals surface area (Å²) in [6, 6.07) is 0. The molecule has 0 bridgehead atoms. The van der Waals surface area contributed by atoms with Crippen molar-refractivity contribution < 1.29 is 5.11 Å². The van der Waals surface area contributed by atoms with E-state index in [1.165, 1.54) is 83.6 Å². The molecule has 0 radical (unpaired) electrons. The maximum atomic E-state index is 9.40. The molecule has 1 aliphatic rings. The van der Waals surface area contributed by atoms with E-state index in [0.29, 0.717) is 12.5 Å². The molecule has 1 aliphatic carbocycles. The summed E-state index contributed by atoms with van der Waals surface area (Å²) in [5, 5.41) is 13.0. The van der Waals surface area contributed by atoms with Crippen molar-refractivity contribution in [3.05, 3.63) is 0 Å². The monoisotopic (exact) mass is 283 g/mol. The molecular weight excluding hydrogens is 246 g/mol. The number of rotatable bonds is 12. The first-order valence-electron chi connectivity index (χ1n) is 9.20. The van der Waals surface area contributed by atoms with Crippen LogP contribution in [0.2, 0.25) is 0 Å². The largest absolute Gasteiger partial charge is 0.396 e. The lowest BCUT2D eigenvalue weighted by molar-refractivity contribution is 0.133. The molecule has 120 valence electrons. The van der Waals surface area contributed by atoms with Gasteiger partial charge < -0.3 is 10.4 Å². The van der Waals surface area contributed by atoms with Gasteiger partial charge in [-0.15, -0.1) is 0 Å². The Morgan fingerprint density at radius 1 is 0.850 bits per heavy atom. The Hall–Kier alpha value is -0.0800. The molecule has 0 aliphatic heterocycles. The summed E-state index contributed by atoms with van der Waals surface area (Å²) in [6.07, 6.45) is 16.4. The highest BCUT2D eigenvalue weighted by Gasteiger charge is 2.23. The third-order valence-electron chi connectivity index (χ3n) is 4.91. The van der Waals surface area contributed by atoms with Crippen molar-refractivity contribution in [2.75, 3.05) is 19.7 Å². The molecule has 0 saturated heterocycles. The molecule has 0 aromatic heterocycles. The summed E-state index contributed by atoms with van der Waals surface area (Å²) in [6.45, 7) is 4.97. The maximum Gasteiger partial charge on any atom is 0.0462 e. The molecule has 1 saturated carbocycles. The van der Waals surface area contributed by atoms with E-state index < -0.39 is 0 Å². The topological polar surface area (TPSA) is 32.3 Å². The predicted octanol–water partition coefficient (Wildman–Crippen LogP) is 4.52. The molecule has 2 N–H and O–H groups in total. The minimum absolute atomic E-state index is 0.393. The number of aliphatic hydroxyl groups excluding tert-OH is 1. The van der Waals surface area contributed by atoms with E-state index in [4.69, 9.17) is 0 Å². The van der Waals surface area contributed by atoms with Gasteiger partial charge in [0.05, 0.1) is 0 Å². The van der Waals surface area contributed by atoms with Crippen LogP contribution in [-0.2, 0) is 0 Å². The fourth-order valence-corrected chi connectivity index (χ4v) is 3.46.